The number of carbonyl (C=O) groups is 1. The van der Waals surface area contributed by atoms with E-state index >= 15 is 0 Å². The average Bonchev–Trinajstić information content (AvgIpc) is 2.80. The number of thiophene rings is 1. The van der Waals surface area contributed by atoms with Gasteiger partial charge in [0.25, 0.3) is 5.91 Å². The van der Waals surface area contributed by atoms with Crippen LogP contribution in [0.15, 0.2) is 17.5 Å². The fourth-order valence-corrected chi connectivity index (χ4v) is 2.85. The quantitative estimate of drug-likeness (QED) is 0.800. The van der Waals surface area contributed by atoms with Gasteiger partial charge < -0.3 is 9.64 Å². The van der Waals surface area contributed by atoms with Crippen molar-refractivity contribution in [1.82, 2.24) is 10.2 Å². The van der Waals surface area contributed by atoms with Gasteiger partial charge in [0.05, 0.1) is 17.1 Å². The van der Waals surface area contributed by atoms with Gasteiger partial charge in [-0.15, -0.1) is 11.3 Å². The summed E-state index contributed by atoms with van der Waals surface area (Å²) in [6.45, 7) is 5.44. The van der Waals surface area contributed by atoms with Crippen molar-refractivity contribution in [2.75, 3.05) is 13.1 Å². The van der Waals surface area contributed by atoms with Crippen molar-refractivity contribution < 1.29 is 9.53 Å². The van der Waals surface area contributed by atoms with Crippen molar-refractivity contribution in [2.24, 2.45) is 0 Å². The standard InChI is InChI=1S/C12H16N2O2S2/c1-8-6-14(7-9(2)16-8)12(17)13-11(15)10-4-3-5-18-10/h3-5,8-9H,6-7H2,1-2H3,(H,13,15,17). The highest BCUT2D eigenvalue weighted by atomic mass is 32.1. The second kappa shape index (κ2) is 5.77. The highest BCUT2D eigenvalue weighted by Gasteiger charge is 2.24. The Hall–Kier alpha value is -0.980. The zero-order valence-electron chi connectivity index (χ0n) is 10.4. The highest BCUT2D eigenvalue weighted by molar-refractivity contribution is 7.80. The summed E-state index contributed by atoms with van der Waals surface area (Å²) in [5.41, 5.74) is 0. The number of amides is 1. The zero-order chi connectivity index (χ0) is 13.1. The van der Waals surface area contributed by atoms with E-state index < -0.39 is 0 Å². The average molecular weight is 284 g/mol. The maximum Gasteiger partial charge on any atom is 0.267 e. The van der Waals surface area contributed by atoms with Crippen LogP contribution >= 0.6 is 23.6 Å². The van der Waals surface area contributed by atoms with Crippen LogP contribution in [0.2, 0.25) is 0 Å². The van der Waals surface area contributed by atoms with Gasteiger partial charge in [-0.2, -0.15) is 0 Å². The van der Waals surface area contributed by atoms with E-state index in [4.69, 9.17) is 17.0 Å². The van der Waals surface area contributed by atoms with Crippen molar-refractivity contribution in [3.8, 4) is 0 Å². The van der Waals surface area contributed by atoms with E-state index in [2.05, 4.69) is 5.32 Å². The predicted octanol–water partition coefficient (Wildman–Crippen LogP) is 1.87. The Morgan fingerprint density at radius 3 is 2.72 bits per heavy atom. The zero-order valence-corrected chi connectivity index (χ0v) is 12.0. The number of hydrogen-bond acceptors (Lipinski definition) is 4. The molecule has 6 heteroatoms. The normalized spacial score (nSPS) is 23.8. The molecule has 2 rings (SSSR count). The van der Waals surface area contributed by atoms with Gasteiger partial charge in [0.2, 0.25) is 0 Å². The summed E-state index contributed by atoms with van der Waals surface area (Å²) in [4.78, 5) is 14.5. The third-order valence-corrected chi connectivity index (χ3v) is 3.90. The number of rotatable bonds is 1. The van der Waals surface area contributed by atoms with E-state index in [0.29, 0.717) is 23.1 Å². The van der Waals surface area contributed by atoms with Gasteiger partial charge in [-0.25, -0.2) is 0 Å². The second-order valence-corrected chi connectivity index (χ2v) is 5.73. The van der Waals surface area contributed by atoms with Gasteiger partial charge in [-0.3, -0.25) is 10.1 Å². The SMILES string of the molecule is CC1CN(C(=S)NC(=O)c2cccs2)CC(C)O1. The van der Waals surface area contributed by atoms with Crippen LogP contribution in [-0.4, -0.2) is 41.2 Å². The predicted molar refractivity (Wildman–Crippen MR) is 76.0 cm³/mol. The number of morpholine rings is 1. The molecule has 1 aromatic rings. The molecule has 2 heterocycles. The van der Waals surface area contributed by atoms with Gasteiger partial charge in [0.15, 0.2) is 5.11 Å². The summed E-state index contributed by atoms with van der Waals surface area (Å²) in [5, 5.41) is 5.12. The maximum atomic E-state index is 11.9. The van der Waals surface area contributed by atoms with Crippen molar-refractivity contribution in [2.45, 2.75) is 26.1 Å². The lowest BCUT2D eigenvalue weighted by atomic mass is 10.2. The number of carbonyl (C=O) groups excluding carboxylic acids is 1. The van der Waals surface area contributed by atoms with Crippen LogP contribution in [0.4, 0.5) is 0 Å². The summed E-state index contributed by atoms with van der Waals surface area (Å²) in [5.74, 6) is -0.137. The first kappa shape index (κ1) is 13.5. The largest absolute Gasteiger partial charge is 0.372 e. The van der Waals surface area contributed by atoms with Crippen molar-refractivity contribution >= 4 is 34.6 Å². The first-order valence-corrected chi connectivity index (χ1v) is 7.14. The molecule has 0 bridgehead atoms. The Balaban J connectivity index is 1.93. The summed E-state index contributed by atoms with van der Waals surface area (Å²) >= 11 is 6.68. The number of nitrogens with one attached hydrogen (secondary N) is 1. The van der Waals surface area contributed by atoms with E-state index in [0.717, 1.165) is 0 Å². The molecule has 2 atom stereocenters. The van der Waals surface area contributed by atoms with Crippen LogP contribution in [-0.2, 0) is 4.74 Å². The van der Waals surface area contributed by atoms with Crippen molar-refractivity contribution in [3.63, 3.8) is 0 Å². The molecule has 1 amide bonds. The molecule has 0 aliphatic carbocycles. The molecular formula is C12H16N2O2S2. The Labute approximate surface area is 116 Å². The Morgan fingerprint density at radius 2 is 2.17 bits per heavy atom. The maximum absolute atomic E-state index is 11.9. The lowest BCUT2D eigenvalue weighted by Gasteiger charge is -2.36. The van der Waals surface area contributed by atoms with E-state index in [1.807, 2.05) is 30.2 Å². The lowest BCUT2D eigenvalue weighted by Crippen LogP contribution is -2.52. The van der Waals surface area contributed by atoms with Crippen LogP contribution in [0.1, 0.15) is 23.5 Å². The number of hydrogen-bond donors (Lipinski definition) is 1. The molecule has 0 aromatic carbocycles. The van der Waals surface area contributed by atoms with Gasteiger partial charge in [0.1, 0.15) is 0 Å². The summed E-state index contributed by atoms with van der Waals surface area (Å²) in [6.07, 6.45) is 0.260. The molecule has 0 saturated carbocycles. The number of ether oxygens (including phenoxy) is 1. The van der Waals surface area contributed by atoms with Gasteiger partial charge in [-0.05, 0) is 37.5 Å². The molecule has 1 fully saturated rings. The second-order valence-electron chi connectivity index (χ2n) is 4.40. The molecule has 0 spiro atoms. The summed E-state index contributed by atoms with van der Waals surface area (Å²) in [6, 6.07) is 3.63. The van der Waals surface area contributed by atoms with Crippen LogP contribution < -0.4 is 5.32 Å². The summed E-state index contributed by atoms with van der Waals surface area (Å²) in [7, 11) is 0. The molecule has 2 unspecified atom stereocenters. The minimum Gasteiger partial charge on any atom is -0.372 e. The van der Waals surface area contributed by atoms with Crippen LogP contribution in [0.3, 0.4) is 0 Å². The molecule has 4 nitrogen and oxygen atoms in total. The van der Waals surface area contributed by atoms with Gasteiger partial charge in [0, 0.05) is 13.1 Å². The van der Waals surface area contributed by atoms with Gasteiger partial charge >= 0.3 is 0 Å². The molecule has 1 aliphatic heterocycles. The minimum atomic E-state index is -0.137. The molecular weight excluding hydrogens is 268 g/mol. The van der Waals surface area contributed by atoms with E-state index in [9.17, 15) is 4.79 Å². The topological polar surface area (TPSA) is 41.6 Å². The van der Waals surface area contributed by atoms with Crippen LogP contribution in [0.25, 0.3) is 0 Å². The molecule has 18 heavy (non-hydrogen) atoms. The van der Waals surface area contributed by atoms with E-state index in [1.165, 1.54) is 11.3 Å². The van der Waals surface area contributed by atoms with E-state index in [1.54, 1.807) is 6.07 Å². The number of thiocarbonyl (C=S) groups is 1. The highest BCUT2D eigenvalue weighted by Crippen LogP contribution is 2.12. The third kappa shape index (κ3) is 3.28. The molecule has 1 saturated heterocycles. The Kier molecular flexibility index (Phi) is 4.31. The monoisotopic (exact) mass is 284 g/mol. The summed E-state index contributed by atoms with van der Waals surface area (Å²) < 4.78 is 5.63. The molecule has 1 aromatic heterocycles. The van der Waals surface area contributed by atoms with Gasteiger partial charge in [-0.1, -0.05) is 6.07 Å². The van der Waals surface area contributed by atoms with Crippen LogP contribution in [0, 0.1) is 0 Å². The Morgan fingerprint density at radius 1 is 1.50 bits per heavy atom. The first-order valence-electron chi connectivity index (χ1n) is 5.85. The molecule has 0 radical (unpaired) electrons. The molecule has 98 valence electrons. The fraction of sp³-hybridized carbons (Fsp3) is 0.500. The molecule has 1 aliphatic rings. The Bertz CT molecular complexity index is 423. The van der Waals surface area contributed by atoms with Crippen molar-refractivity contribution in [1.29, 1.82) is 0 Å². The lowest BCUT2D eigenvalue weighted by molar-refractivity contribution is -0.0481. The fourth-order valence-electron chi connectivity index (χ4n) is 1.99. The molecule has 1 N–H and O–H groups in total. The van der Waals surface area contributed by atoms with E-state index in [-0.39, 0.29) is 18.1 Å². The first-order chi connectivity index (χ1) is 8.56. The van der Waals surface area contributed by atoms with Crippen LogP contribution in [0.5, 0.6) is 0 Å². The smallest absolute Gasteiger partial charge is 0.267 e. The minimum absolute atomic E-state index is 0.130. The third-order valence-electron chi connectivity index (χ3n) is 2.67. The van der Waals surface area contributed by atoms with Crippen molar-refractivity contribution in [3.05, 3.63) is 22.4 Å². The number of nitrogens with zero attached hydrogens (tertiary/aromatic N) is 1.